The molecule has 1 heterocycles. The second kappa shape index (κ2) is 6.72. The van der Waals surface area contributed by atoms with E-state index in [0.717, 1.165) is 16.8 Å². The number of nitrogens with two attached hydrogens (primary N) is 2. The van der Waals surface area contributed by atoms with E-state index in [1.54, 1.807) is 6.07 Å². The normalized spacial score (nSPS) is 10.9. The maximum atomic E-state index is 9.17. The first kappa shape index (κ1) is 16.2. The van der Waals surface area contributed by atoms with Gasteiger partial charge in [-0.15, -0.1) is 0 Å². The highest BCUT2D eigenvalue weighted by atomic mass is 16.3. The number of anilines is 3. The lowest BCUT2D eigenvalue weighted by molar-refractivity contribution is 0.281. The lowest BCUT2D eigenvalue weighted by atomic mass is 10.1. The summed E-state index contributed by atoms with van der Waals surface area (Å²) in [6.45, 7) is 4.59. The van der Waals surface area contributed by atoms with Crippen molar-refractivity contribution in [2.45, 2.75) is 13.8 Å². The lowest BCUT2D eigenvalue weighted by Crippen LogP contribution is -2.29. The molecule has 2 aromatic rings. The summed E-state index contributed by atoms with van der Waals surface area (Å²) in [6.07, 6.45) is 0. The summed E-state index contributed by atoms with van der Waals surface area (Å²) in [7, 11) is 0. The van der Waals surface area contributed by atoms with E-state index in [9.17, 15) is 0 Å². The molecule has 6 heteroatoms. The molecule has 0 atom stereocenters. The molecule has 1 aromatic heterocycles. The van der Waals surface area contributed by atoms with Gasteiger partial charge in [0, 0.05) is 35.6 Å². The van der Waals surface area contributed by atoms with Gasteiger partial charge in [-0.1, -0.05) is 0 Å². The molecule has 0 radical (unpaired) electrons. The van der Waals surface area contributed by atoms with Gasteiger partial charge in [0.05, 0.1) is 18.9 Å². The van der Waals surface area contributed by atoms with Crippen LogP contribution in [0.2, 0.25) is 0 Å². The summed E-state index contributed by atoms with van der Waals surface area (Å²) in [5.41, 5.74) is 15.7. The van der Waals surface area contributed by atoms with Crippen molar-refractivity contribution in [3.8, 4) is 11.3 Å². The van der Waals surface area contributed by atoms with Crippen molar-refractivity contribution in [2.75, 3.05) is 42.7 Å². The van der Waals surface area contributed by atoms with Gasteiger partial charge in [0.2, 0.25) is 0 Å². The van der Waals surface area contributed by atoms with Crippen LogP contribution in [0.4, 0.5) is 17.1 Å². The Labute approximate surface area is 130 Å². The Balaban J connectivity index is 2.48. The number of nitrogen functional groups attached to an aromatic ring is 2. The fourth-order valence-electron chi connectivity index (χ4n) is 2.48. The second-order valence-corrected chi connectivity index (χ2v) is 5.23. The minimum atomic E-state index is 0.00550. The molecule has 0 fully saturated rings. The van der Waals surface area contributed by atoms with E-state index in [0.29, 0.717) is 36.0 Å². The van der Waals surface area contributed by atoms with Crippen molar-refractivity contribution >= 4 is 17.1 Å². The number of hydrogen-bond acceptors (Lipinski definition) is 6. The highest BCUT2D eigenvalue weighted by Gasteiger charge is 2.17. The standard InChI is InChI=1S/C16H23N3O3/c1-10-15(18)11(2)22-16(10)13-9-12(3-4-14(13)17)19(5-7-20)6-8-21/h3-4,9,20-21H,5-8,17-18H2,1-2H3. The first-order valence-corrected chi connectivity index (χ1v) is 7.21. The van der Waals surface area contributed by atoms with Crippen molar-refractivity contribution in [2.24, 2.45) is 0 Å². The Hall–Kier alpha value is -2.18. The van der Waals surface area contributed by atoms with E-state index in [1.165, 1.54) is 0 Å². The van der Waals surface area contributed by atoms with Crippen LogP contribution in [0.15, 0.2) is 22.6 Å². The highest BCUT2D eigenvalue weighted by molar-refractivity contribution is 5.81. The zero-order chi connectivity index (χ0) is 16.3. The average molecular weight is 305 g/mol. The van der Waals surface area contributed by atoms with Crippen LogP contribution in [0.1, 0.15) is 11.3 Å². The molecule has 120 valence electrons. The summed E-state index contributed by atoms with van der Waals surface area (Å²) in [6, 6.07) is 5.55. The van der Waals surface area contributed by atoms with Gasteiger partial charge < -0.3 is 31.0 Å². The van der Waals surface area contributed by atoms with Crippen LogP contribution in [-0.2, 0) is 0 Å². The third-order valence-corrected chi connectivity index (χ3v) is 3.77. The fourth-order valence-corrected chi connectivity index (χ4v) is 2.48. The smallest absolute Gasteiger partial charge is 0.141 e. The summed E-state index contributed by atoms with van der Waals surface area (Å²) in [4.78, 5) is 1.89. The molecule has 22 heavy (non-hydrogen) atoms. The molecule has 0 saturated carbocycles. The van der Waals surface area contributed by atoms with Crippen LogP contribution in [0, 0.1) is 13.8 Å². The average Bonchev–Trinajstić information content (AvgIpc) is 2.75. The first-order valence-electron chi connectivity index (χ1n) is 7.21. The van der Waals surface area contributed by atoms with Crippen LogP contribution in [0.25, 0.3) is 11.3 Å². The molecule has 0 aliphatic heterocycles. The van der Waals surface area contributed by atoms with Crippen LogP contribution in [0.3, 0.4) is 0 Å². The van der Waals surface area contributed by atoms with Gasteiger partial charge in [0.15, 0.2) is 0 Å². The number of nitrogens with zero attached hydrogens (tertiary/aromatic N) is 1. The van der Waals surface area contributed by atoms with Gasteiger partial charge >= 0.3 is 0 Å². The van der Waals surface area contributed by atoms with Gasteiger partial charge in [-0.05, 0) is 32.0 Å². The summed E-state index contributed by atoms with van der Waals surface area (Å²) in [5.74, 6) is 1.32. The Morgan fingerprint density at radius 1 is 1.09 bits per heavy atom. The Morgan fingerprint density at radius 3 is 2.23 bits per heavy atom. The Morgan fingerprint density at radius 2 is 1.73 bits per heavy atom. The molecule has 0 aliphatic rings. The van der Waals surface area contributed by atoms with Crippen molar-refractivity contribution < 1.29 is 14.6 Å². The van der Waals surface area contributed by atoms with Gasteiger partial charge in [-0.3, -0.25) is 0 Å². The lowest BCUT2D eigenvalue weighted by Gasteiger charge is -2.23. The van der Waals surface area contributed by atoms with E-state index >= 15 is 0 Å². The third kappa shape index (κ3) is 3.03. The summed E-state index contributed by atoms with van der Waals surface area (Å²) >= 11 is 0. The second-order valence-electron chi connectivity index (χ2n) is 5.23. The van der Waals surface area contributed by atoms with E-state index in [1.807, 2.05) is 30.9 Å². The molecule has 6 nitrogen and oxygen atoms in total. The van der Waals surface area contributed by atoms with Gasteiger partial charge in [-0.2, -0.15) is 0 Å². The largest absolute Gasteiger partial charge is 0.459 e. The molecule has 0 spiro atoms. The minimum Gasteiger partial charge on any atom is -0.459 e. The van der Waals surface area contributed by atoms with Gasteiger partial charge in [0.25, 0.3) is 0 Å². The van der Waals surface area contributed by atoms with Gasteiger partial charge in [0.1, 0.15) is 11.5 Å². The predicted molar refractivity (Wildman–Crippen MR) is 88.8 cm³/mol. The van der Waals surface area contributed by atoms with Crippen LogP contribution in [-0.4, -0.2) is 36.5 Å². The molecule has 0 saturated heterocycles. The quantitative estimate of drug-likeness (QED) is 0.603. The Kier molecular flexibility index (Phi) is 4.95. The van der Waals surface area contributed by atoms with E-state index in [-0.39, 0.29) is 13.2 Å². The maximum Gasteiger partial charge on any atom is 0.141 e. The number of benzene rings is 1. The SMILES string of the molecule is Cc1oc(-c2cc(N(CCO)CCO)ccc2N)c(C)c1N. The molecule has 0 aliphatic carbocycles. The monoisotopic (exact) mass is 305 g/mol. The van der Waals surface area contributed by atoms with E-state index in [4.69, 9.17) is 26.1 Å². The van der Waals surface area contributed by atoms with E-state index in [2.05, 4.69) is 0 Å². The van der Waals surface area contributed by atoms with Crippen molar-refractivity contribution in [3.63, 3.8) is 0 Å². The van der Waals surface area contributed by atoms with E-state index < -0.39 is 0 Å². The first-order chi connectivity index (χ1) is 10.5. The zero-order valence-corrected chi connectivity index (χ0v) is 13.0. The number of aryl methyl sites for hydroxylation is 1. The van der Waals surface area contributed by atoms with Crippen LogP contribution < -0.4 is 16.4 Å². The highest BCUT2D eigenvalue weighted by Crippen LogP contribution is 2.37. The van der Waals surface area contributed by atoms with Gasteiger partial charge in [-0.25, -0.2) is 0 Å². The number of rotatable bonds is 6. The Bertz CT molecular complexity index is 646. The fraction of sp³-hybridized carbons (Fsp3) is 0.375. The van der Waals surface area contributed by atoms with Crippen LogP contribution in [0.5, 0.6) is 0 Å². The molecule has 0 bridgehead atoms. The van der Waals surface area contributed by atoms with Crippen molar-refractivity contribution in [3.05, 3.63) is 29.5 Å². The number of furan rings is 1. The van der Waals surface area contributed by atoms with Crippen molar-refractivity contribution in [1.82, 2.24) is 0 Å². The molecule has 6 N–H and O–H groups in total. The molecular formula is C16H23N3O3. The minimum absolute atomic E-state index is 0.00550. The molecule has 0 unspecified atom stereocenters. The number of aliphatic hydroxyl groups is 2. The number of hydrogen-bond donors (Lipinski definition) is 4. The topological polar surface area (TPSA) is 109 Å². The zero-order valence-electron chi connectivity index (χ0n) is 13.0. The maximum absolute atomic E-state index is 9.17. The summed E-state index contributed by atoms with van der Waals surface area (Å²) in [5, 5.41) is 18.3. The molecular weight excluding hydrogens is 282 g/mol. The number of aliphatic hydroxyl groups excluding tert-OH is 2. The molecule has 1 aromatic carbocycles. The predicted octanol–water partition coefficient (Wildman–Crippen LogP) is 1.52. The van der Waals surface area contributed by atoms with Crippen LogP contribution >= 0.6 is 0 Å². The third-order valence-electron chi connectivity index (χ3n) is 3.77. The van der Waals surface area contributed by atoms with Crippen molar-refractivity contribution in [1.29, 1.82) is 0 Å². The molecule has 2 rings (SSSR count). The molecule has 0 amide bonds. The summed E-state index contributed by atoms with van der Waals surface area (Å²) < 4.78 is 5.74.